The Morgan fingerprint density at radius 1 is 1.80 bits per heavy atom. The third-order valence-electron chi connectivity index (χ3n) is 0.306. The monoisotopic (exact) mass is 179 g/mol. The van der Waals surface area contributed by atoms with Crippen LogP contribution in [0, 0.1) is 0 Å². The molecule has 0 aromatic heterocycles. The molecule has 2 heteroatoms. The van der Waals surface area contributed by atoms with Crippen LogP contribution in [0.3, 0.4) is 0 Å². The van der Waals surface area contributed by atoms with E-state index in [0.717, 1.165) is 13.0 Å². The molecule has 0 aromatic carbocycles. The van der Waals surface area contributed by atoms with E-state index < -0.39 is 0 Å². The van der Waals surface area contributed by atoms with Gasteiger partial charge in [-0.2, -0.15) is 0 Å². The standard InChI is InChI=1S/C3H7O.Sn/c1-2-3-4;/h2-3H2,1H3;/q-1;+2. The minimum absolute atomic E-state index is 0.929. The molecule has 0 aliphatic heterocycles. The van der Waals surface area contributed by atoms with E-state index in [0.29, 0.717) is 0 Å². The zero-order valence-electron chi connectivity index (χ0n) is 3.32. The Labute approximate surface area is 46.3 Å². The Balaban J connectivity index is 2.19. The summed E-state index contributed by atoms with van der Waals surface area (Å²) in [6.07, 6.45) is 1.14. The van der Waals surface area contributed by atoms with Crippen LogP contribution < -0.4 is 0 Å². The molecule has 0 saturated carbocycles. The Hall–Kier alpha value is 0.759. The second-order valence-corrected chi connectivity index (χ2v) is 1.67. The topological polar surface area (TPSA) is 9.23 Å². The van der Waals surface area contributed by atoms with Gasteiger partial charge in [-0.25, -0.2) is 0 Å². The van der Waals surface area contributed by atoms with E-state index in [9.17, 15) is 0 Å². The molecule has 28 valence electrons. The van der Waals surface area contributed by atoms with Crippen molar-refractivity contribution < 1.29 is 3.07 Å². The van der Waals surface area contributed by atoms with Crippen LogP contribution in [0.2, 0.25) is 0 Å². The molecule has 0 amide bonds. The SMILES string of the molecule is CCC[O][Sn+]. The van der Waals surface area contributed by atoms with Gasteiger partial charge in [0.15, 0.2) is 0 Å². The van der Waals surface area contributed by atoms with E-state index in [4.69, 9.17) is 3.07 Å². The Kier molecular flexibility index (Phi) is 5.48. The molecule has 5 heavy (non-hydrogen) atoms. The van der Waals surface area contributed by atoms with Gasteiger partial charge in [0.25, 0.3) is 0 Å². The first kappa shape index (κ1) is 5.76. The van der Waals surface area contributed by atoms with Crippen molar-refractivity contribution in [3.05, 3.63) is 0 Å². The van der Waals surface area contributed by atoms with Crippen LogP contribution in [0.15, 0.2) is 0 Å². The van der Waals surface area contributed by atoms with Crippen LogP contribution in [0.4, 0.5) is 0 Å². The van der Waals surface area contributed by atoms with E-state index in [1.165, 1.54) is 22.9 Å². The van der Waals surface area contributed by atoms with E-state index in [2.05, 4.69) is 6.92 Å². The van der Waals surface area contributed by atoms with Crippen molar-refractivity contribution >= 4 is 22.9 Å². The fourth-order valence-electron chi connectivity index (χ4n) is 0.102. The van der Waals surface area contributed by atoms with Gasteiger partial charge in [0.05, 0.1) is 0 Å². The fraction of sp³-hybridized carbons (Fsp3) is 1.00. The average Bonchev–Trinajstić information content (AvgIpc) is 1.41. The zero-order chi connectivity index (χ0) is 4.12. The molecule has 0 aliphatic carbocycles. The number of hydrogen-bond acceptors (Lipinski definition) is 1. The maximum absolute atomic E-state index is 4.78. The van der Waals surface area contributed by atoms with Crippen molar-refractivity contribution in [3.8, 4) is 0 Å². The van der Waals surface area contributed by atoms with Crippen LogP contribution in [0.5, 0.6) is 0 Å². The molecule has 1 nitrogen and oxygen atoms in total. The van der Waals surface area contributed by atoms with Crippen molar-refractivity contribution in [2.24, 2.45) is 0 Å². The molecule has 0 fully saturated rings. The van der Waals surface area contributed by atoms with Crippen molar-refractivity contribution in [1.82, 2.24) is 0 Å². The third kappa shape index (κ3) is 4.76. The summed E-state index contributed by atoms with van der Waals surface area (Å²) in [6, 6.07) is 0. The van der Waals surface area contributed by atoms with E-state index in [-0.39, 0.29) is 0 Å². The molecular weight excluding hydrogens is 171 g/mol. The molecule has 0 spiro atoms. The summed E-state index contributed by atoms with van der Waals surface area (Å²) in [4.78, 5) is 0. The van der Waals surface area contributed by atoms with Crippen molar-refractivity contribution in [1.29, 1.82) is 0 Å². The van der Waals surface area contributed by atoms with Gasteiger partial charge < -0.3 is 0 Å². The van der Waals surface area contributed by atoms with Crippen molar-refractivity contribution in [2.75, 3.05) is 6.61 Å². The number of rotatable bonds is 2. The van der Waals surface area contributed by atoms with Gasteiger partial charge in [-0.05, 0) is 0 Å². The number of hydrogen-bond donors (Lipinski definition) is 0. The van der Waals surface area contributed by atoms with Gasteiger partial charge in [-0.3, -0.25) is 0 Å². The van der Waals surface area contributed by atoms with Crippen LogP contribution in [-0.4, -0.2) is 29.5 Å². The van der Waals surface area contributed by atoms with Gasteiger partial charge >= 0.3 is 46.0 Å². The molecule has 0 unspecified atom stereocenters. The third-order valence-corrected chi connectivity index (χ3v) is 0.889. The molecule has 0 rings (SSSR count). The summed E-state index contributed by atoms with van der Waals surface area (Å²) >= 11 is 1.18. The summed E-state index contributed by atoms with van der Waals surface area (Å²) in [5.74, 6) is 0. The average molecular weight is 178 g/mol. The van der Waals surface area contributed by atoms with E-state index >= 15 is 0 Å². The van der Waals surface area contributed by atoms with Gasteiger partial charge in [-0.15, -0.1) is 0 Å². The Bertz CT molecular complexity index is 14.4. The van der Waals surface area contributed by atoms with Crippen molar-refractivity contribution in [2.45, 2.75) is 13.3 Å². The zero-order valence-corrected chi connectivity index (χ0v) is 6.18. The predicted octanol–water partition coefficient (Wildman–Crippen LogP) is 0.496. The summed E-state index contributed by atoms with van der Waals surface area (Å²) < 4.78 is 4.78. The van der Waals surface area contributed by atoms with Gasteiger partial charge in [0.1, 0.15) is 0 Å². The van der Waals surface area contributed by atoms with Crippen molar-refractivity contribution in [3.63, 3.8) is 0 Å². The summed E-state index contributed by atoms with van der Waals surface area (Å²) in [5, 5.41) is 0. The van der Waals surface area contributed by atoms with Crippen LogP contribution in [-0.2, 0) is 3.07 Å². The normalized spacial score (nSPS) is 8.20. The van der Waals surface area contributed by atoms with Crippen LogP contribution >= 0.6 is 0 Å². The molecule has 2 radical (unpaired) electrons. The Morgan fingerprint density at radius 3 is 2.40 bits per heavy atom. The quantitative estimate of drug-likeness (QED) is 0.559. The summed E-state index contributed by atoms with van der Waals surface area (Å²) in [5.41, 5.74) is 0. The molecular formula is C3H7OSn+. The van der Waals surface area contributed by atoms with E-state index in [1.54, 1.807) is 0 Å². The molecule has 0 N–H and O–H groups in total. The van der Waals surface area contributed by atoms with Gasteiger partial charge in [0.2, 0.25) is 0 Å². The molecule has 0 aliphatic rings. The fourth-order valence-corrected chi connectivity index (χ4v) is 0.685. The Morgan fingerprint density at radius 2 is 2.40 bits per heavy atom. The molecule has 0 aromatic rings. The molecule has 0 saturated heterocycles. The minimum atomic E-state index is 0.929. The molecule has 0 atom stereocenters. The summed E-state index contributed by atoms with van der Waals surface area (Å²) in [7, 11) is 0. The molecule has 0 bridgehead atoms. The molecule has 0 heterocycles. The first-order valence-corrected chi connectivity index (χ1v) is 2.87. The summed E-state index contributed by atoms with van der Waals surface area (Å²) in [6.45, 7) is 3.03. The van der Waals surface area contributed by atoms with Gasteiger partial charge in [0, 0.05) is 0 Å². The predicted molar refractivity (Wildman–Crippen MR) is 22.0 cm³/mol. The van der Waals surface area contributed by atoms with Crippen LogP contribution in [0.1, 0.15) is 13.3 Å². The van der Waals surface area contributed by atoms with E-state index in [1.807, 2.05) is 0 Å². The second-order valence-electron chi connectivity index (χ2n) is 0.848. The van der Waals surface area contributed by atoms with Crippen LogP contribution in [0.25, 0.3) is 0 Å². The maximum atomic E-state index is 4.78. The van der Waals surface area contributed by atoms with Gasteiger partial charge in [-0.1, -0.05) is 0 Å². The first-order chi connectivity index (χ1) is 2.41. The first-order valence-electron chi connectivity index (χ1n) is 1.70. The second kappa shape index (κ2) is 4.76.